The van der Waals surface area contributed by atoms with Gasteiger partial charge in [0.1, 0.15) is 5.52 Å². The summed E-state index contributed by atoms with van der Waals surface area (Å²) >= 11 is 3.45. The number of aromatic nitrogens is 4. The first-order valence-corrected chi connectivity index (χ1v) is 6.14. The maximum Gasteiger partial charge on any atom is 0.356 e. The number of fused-ring (bicyclic) bond motifs is 1. The smallest absolute Gasteiger partial charge is 0.356 e. The highest BCUT2D eigenvalue weighted by atomic mass is 79.9. The molecule has 0 fully saturated rings. The Bertz CT molecular complexity index is 784. The van der Waals surface area contributed by atoms with Gasteiger partial charge in [-0.05, 0) is 34.1 Å². The van der Waals surface area contributed by atoms with E-state index in [1.165, 1.54) is 10.7 Å². The van der Waals surface area contributed by atoms with Crippen molar-refractivity contribution in [3.63, 3.8) is 0 Å². The summed E-state index contributed by atoms with van der Waals surface area (Å²) in [6.45, 7) is 0. The van der Waals surface area contributed by atoms with Crippen LogP contribution in [0, 0.1) is 0 Å². The average Bonchev–Trinajstić information content (AvgIpc) is 2.89. The van der Waals surface area contributed by atoms with Gasteiger partial charge in [0.25, 0.3) is 0 Å². The molecule has 3 rings (SSSR count). The summed E-state index contributed by atoms with van der Waals surface area (Å²) in [5.74, 6) is -1.06. The van der Waals surface area contributed by atoms with Crippen molar-refractivity contribution >= 4 is 32.9 Å². The van der Waals surface area contributed by atoms with Crippen LogP contribution in [-0.2, 0) is 0 Å². The first kappa shape index (κ1) is 11.8. The zero-order valence-electron chi connectivity index (χ0n) is 9.49. The zero-order chi connectivity index (χ0) is 13.4. The normalized spacial score (nSPS) is 10.8. The molecule has 0 radical (unpaired) electrons. The maximum absolute atomic E-state index is 10.8. The van der Waals surface area contributed by atoms with E-state index in [9.17, 15) is 4.79 Å². The van der Waals surface area contributed by atoms with Crippen LogP contribution in [0.25, 0.3) is 16.7 Å². The predicted molar refractivity (Wildman–Crippen MR) is 71.3 cm³/mol. The molecule has 0 amide bonds. The van der Waals surface area contributed by atoms with Gasteiger partial charge in [-0.3, -0.25) is 9.97 Å². The van der Waals surface area contributed by atoms with Crippen molar-refractivity contribution in [2.75, 3.05) is 0 Å². The summed E-state index contributed by atoms with van der Waals surface area (Å²) < 4.78 is 2.21. The molecule has 6 nitrogen and oxygen atoms in total. The van der Waals surface area contributed by atoms with Crippen molar-refractivity contribution in [3.05, 3.63) is 47.0 Å². The minimum atomic E-state index is -1.06. The van der Waals surface area contributed by atoms with Gasteiger partial charge in [0, 0.05) is 18.6 Å². The summed E-state index contributed by atoms with van der Waals surface area (Å²) in [5, 5.41) is 12.9. The first-order valence-electron chi connectivity index (χ1n) is 5.35. The third-order valence-electron chi connectivity index (χ3n) is 2.61. The quantitative estimate of drug-likeness (QED) is 0.784. The van der Waals surface area contributed by atoms with Crippen LogP contribution in [0.1, 0.15) is 10.5 Å². The second kappa shape index (κ2) is 4.43. The van der Waals surface area contributed by atoms with Gasteiger partial charge in [0.2, 0.25) is 0 Å². The van der Waals surface area contributed by atoms with Crippen LogP contribution in [0.15, 0.2) is 41.3 Å². The van der Waals surface area contributed by atoms with Crippen LogP contribution in [0.2, 0.25) is 0 Å². The fourth-order valence-corrected chi connectivity index (χ4v) is 2.36. The number of benzene rings is 1. The molecule has 0 unspecified atom stereocenters. The van der Waals surface area contributed by atoms with Gasteiger partial charge >= 0.3 is 5.97 Å². The van der Waals surface area contributed by atoms with Crippen LogP contribution in [-0.4, -0.2) is 30.8 Å². The number of rotatable bonds is 2. The van der Waals surface area contributed by atoms with Crippen LogP contribution < -0.4 is 0 Å². The molecule has 1 aromatic carbocycles. The number of carboxylic acids is 1. The summed E-state index contributed by atoms with van der Waals surface area (Å²) in [5.41, 5.74) is 2.16. The Morgan fingerprint density at radius 3 is 2.74 bits per heavy atom. The van der Waals surface area contributed by atoms with Gasteiger partial charge in [-0.2, -0.15) is 5.10 Å². The van der Waals surface area contributed by atoms with Crippen molar-refractivity contribution in [2.45, 2.75) is 0 Å². The molecule has 2 aromatic heterocycles. The lowest BCUT2D eigenvalue weighted by molar-refractivity contribution is 0.0690. The number of nitrogens with zero attached hydrogens (tertiary/aromatic N) is 4. The number of halogens is 1. The van der Waals surface area contributed by atoms with E-state index in [0.717, 1.165) is 9.99 Å². The van der Waals surface area contributed by atoms with Crippen LogP contribution in [0.5, 0.6) is 0 Å². The number of carbonyl (C=O) groups is 1. The minimum absolute atomic E-state index is 0.00820. The van der Waals surface area contributed by atoms with E-state index in [-0.39, 0.29) is 5.69 Å². The molecule has 7 heteroatoms. The summed E-state index contributed by atoms with van der Waals surface area (Å²) in [7, 11) is 0. The van der Waals surface area contributed by atoms with E-state index in [1.54, 1.807) is 24.7 Å². The largest absolute Gasteiger partial charge is 0.476 e. The number of hydrogen-bond acceptors (Lipinski definition) is 4. The molecule has 0 saturated heterocycles. The third-order valence-corrected chi connectivity index (χ3v) is 3.40. The lowest BCUT2D eigenvalue weighted by atomic mass is 10.2. The molecule has 1 N–H and O–H groups in total. The molecule has 0 aliphatic carbocycles. The molecule has 0 spiro atoms. The van der Waals surface area contributed by atoms with E-state index >= 15 is 0 Å². The van der Waals surface area contributed by atoms with E-state index < -0.39 is 5.97 Å². The van der Waals surface area contributed by atoms with Gasteiger partial charge in [-0.25, -0.2) is 9.48 Å². The van der Waals surface area contributed by atoms with Gasteiger partial charge in [-0.1, -0.05) is 0 Å². The molecular formula is C12H7BrN4O2. The fourth-order valence-electron chi connectivity index (χ4n) is 1.74. The van der Waals surface area contributed by atoms with Crippen molar-refractivity contribution in [1.29, 1.82) is 0 Å². The Balaban J connectivity index is 2.19. The van der Waals surface area contributed by atoms with Crippen LogP contribution in [0.3, 0.4) is 0 Å². The first-order chi connectivity index (χ1) is 9.16. The van der Waals surface area contributed by atoms with Gasteiger partial charge in [0.15, 0.2) is 5.69 Å². The van der Waals surface area contributed by atoms with E-state index in [4.69, 9.17) is 5.11 Å². The third kappa shape index (κ3) is 1.97. The maximum atomic E-state index is 10.8. The van der Waals surface area contributed by atoms with Gasteiger partial charge < -0.3 is 5.11 Å². The summed E-state index contributed by atoms with van der Waals surface area (Å²) in [4.78, 5) is 19.3. The Hall–Kier alpha value is -2.28. The SMILES string of the molecule is O=C(O)c1ccn(-c2ccc3nccnc3c2Br)n1. The summed E-state index contributed by atoms with van der Waals surface area (Å²) in [6, 6.07) is 5.06. The number of hydrogen-bond donors (Lipinski definition) is 1. The lowest BCUT2D eigenvalue weighted by Gasteiger charge is -2.06. The zero-order valence-corrected chi connectivity index (χ0v) is 11.1. The Morgan fingerprint density at radius 1 is 1.21 bits per heavy atom. The van der Waals surface area contributed by atoms with E-state index in [0.29, 0.717) is 11.2 Å². The topological polar surface area (TPSA) is 80.9 Å². The molecule has 94 valence electrons. The predicted octanol–water partition coefficient (Wildman–Crippen LogP) is 2.28. The Labute approximate surface area is 115 Å². The highest BCUT2D eigenvalue weighted by Gasteiger charge is 2.12. The molecular weight excluding hydrogens is 312 g/mol. The Morgan fingerprint density at radius 2 is 2.00 bits per heavy atom. The fraction of sp³-hybridized carbons (Fsp3) is 0. The second-order valence-corrected chi connectivity index (χ2v) is 4.57. The molecule has 0 aliphatic rings. The summed E-state index contributed by atoms with van der Waals surface area (Å²) in [6.07, 6.45) is 4.80. The van der Waals surface area contributed by atoms with E-state index in [1.807, 2.05) is 6.07 Å². The molecule has 0 aliphatic heterocycles. The van der Waals surface area contributed by atoms with Crippen LogP contribution >= 0.6 is 15.9 Å². The monoisotopic (exact) mass is 318 g/mol. The number of carboxylic acid groups (broad SMARTS) is 1. The van der Waals surface area contributed by atoms with Gasteiger partial charge in [-0.15, -0.1) is 0 Å². The molecule has 3 aromatic rings. The highest BCUT2D eigenvalue weighted by molar-refractivity contribution is 9.10. The van der Waals surface area contributed by atoms with Crippen molar-refractivity contribution in [1.82, 2.24) is 19.7 Å². The number of aromatic carboxylic acids is 1. The van der Waals surface area contributed by atoms with Crippen molar-refractivity contribution < 1.29 is 9.90 Å². The molecule has 2 heterocycles. The minimum Gasteiger partial charge on any atom is -0.476 e. The highest BCUT2D eigenvalue weighted by Crippen LogP contribution is 2.27. The Kier molecular flexibility index (Phi) is 2.75. The molecule has 19 heavy (non-hydrogen) atoms. The second-order valence-electron chi connectivity index (χ2n) is 3.77. The lowest BCUT2D eigenvalue weighted by Crippen LogP contribution is -2.02. The standard InChI is InChI=1S/C12H7BrN4O2/c13-10-9(17-6-3-8(16-17)12(18)19)2-1-7-11(10)15-5-4-14-7/h1-6H,(H,18,19). The average molecular weight is 319 g/mol. The molecule has 0 atom stereocenters. The van der Waals surface area contributed by atoms with Crippen molar-refractivity contribution in [2.24, 2.45) is 0 Å². The van der Waals surface area contributed by atoms with Crippen LogP contribution in [0.4, 0.5) is 0 Å². The molecule has 0 saturated carbocycles. The van der Waals surface area contributed by atoms with Crippen molar-refractivity contribution in [3.8, 4) is 5.69 Å². The molecule has 0 bridgehead atoms. The van der Waals surface area contributed by atoms with Gasteiger partial charge in [0.05, 0.1) is 15.7 Å². The van der Waals surface area contributed by atoms with E-state index in [2.05, 4.69) is 31.0 Å².